The summed E-state index contributed by atoms with van der Waals surface area (Å²) >= 11 is 5.60. The van der Waals surface area contributed by atoms with Crippen molar-refractivity contribution in [3.63, 3.8) is 0 Å². The molecule has 0 saturated carbocycles. The molecular formula is C13H11ClN2O3. The van der Waals surface area contributed by atoms with E-state index in [1.165, 1.54) is 12.1 Å². The van der Waals surface area contributed by atoms with Crippen LogP contribution < -0.4 is 11.1 Å². The summed E-state index contributed by atoms with van der Waals surface area (Å²) in [6.07, 6.45) is 0. The summed E-state index contributed by atoms with van der Waals surface area (Å²) in [6, 6.07) is 7.84. The van der Waals surface area contributed by atoms with E-state index in [1.54, 1.807) is 25.1 Å². The van der Waals surface area contributed by atoms with E-state index in [4.69, 9.17) is 21.8 Å². The number of hydrogen-bond donors (Lipinski definition) is 2. The Balaban J connectivity index is 2.27. The van der Waals surface area contributed by atoms with Crippen LogP contribution in [0.5, 0.6) is 0 Å². The van der Waals surface area contributed by atoms with Gasteiger partial charge in [-0.15, -0.1) is 0 Å². The molecule has 1 aromatic heterocycles. The Morgan fingerprint density at radius 3 is 2.58 bits per heavy atom. The van der Waals surface area contributed by atoms with Crippen LogP contribution in [0, 0.1) is 6.92 Å². The summed E-state index contributed by atoms with van der Waals surface area (Å²) in [5.41, 5.74) is 6.69. The molecule has 5 nitrogen and oxygen atoms in total. The molecule has 19 heavy (non-hydrogen) atoms. The monoisotopic (exact) mass is 278 g/mol. The van der Waals surface area contributed by atoms with E-state index < -0.39 is 11.8 Å². The van der Waals surface area contributed by atoms with Crippen LogP contribution in [0.1, 0.15) is 26.5 Å². The zero-order chi connectivity index (χ0) is 14.0. The third kappa shape index (κ3) is 2.77. The van der Waals surface area contributed by atoms with Crippen LogP contribution in [0.25, 0.3) is 0 Å². The van der Waals surface area contributed by atoms with Crippen molar-refractivity contribution in [2.75, 3.05) is 5.32 Å². The van der Waals surface area contributed by atoms with Crippen molar-refractivity contribution >= 4 is 29.1 Å². The Bertz CT molecular complexity index is 649. The molecule has 1 heterocycles. The molecule has 0 radical (unpaired) electrons. The lowest BCUT2D eigenvalue weighted by Gasteiger charge is -2.09. The number of hydrogen-bond acceptors (Lipinski definition) is 3. The molecule has 2 amide bonds. The highest BCUT2D eigenvalue weighted by atomic mass is 35.5. The number of anilines is 1. The van der Waals surface area contributed by atoms with E-state index in [0.717, 1.165) is 0 Å². The quantitative estimate of drug-likeness (QED) is 0.905. The number of furan rings is 1. The molecule has 0 unspecified atom stereocenters. The van der Waals surface area contributed by atoms with E-state index in [9.17, 15) is 9.59 Å². The number of nitrogens with two attached hydrogens (primary N) is 1. The molecule has 2 rings (SSSR count). The lowest BCUT2D eigenvalue weighted by molar-refractivity contribution is 0.0988. The van der Waals surface area contributed by atoms with Crippen LogP contribution in [0.2, 0.25) is 5.22 Å². The minimum atomic E-state index is -0.547. The van der Waals surface area contributed by atoms with Gasteiger partial charge in [-0.25, -0.2) is 0 Å². The number of carbonyl (C=O) groups is 2. The third-order valence-electron chi connectivity index (χ3n) is 2.64. The molecule has 3 N–H and O–H groups in total. The Labute approximate surface area is 114 Å². The number of halogens is 1. The molecule has 0 fully saturated rings. The molecule has 0 aliphatic rings. The van der Waals surface area contributed by atoms with Gasteiger partial charge in [0, 0.05) is 11.3 Å². The molecule has 0 spiro atoms. The van der Waals surface area contributed by atoms with E-state index in [-0.39, 0.29) is 11.0 Å². The SMILES string of the molecule is Cc1c(NC(=O)c2ccc(Cl)o2)cccc1C(N)=O. The Hall–Kier alpha value is -2.27. The second-order valence-corrected chi connectivity index (χ2v) is 4.27. The van der Waals surface area contributed by atoms with E-state index in [0.29, 0.717) is 16.8 Å². The summed E-state index contributed by atoms with van der Waals surface area (Å²) in [4.78, 5) is 23.1. The second-order valence-electron chi connectivity index (χ2n) is 3.90. The largest absolute Gasteiger partial charge is 0.440 e. The number of benzene rings is 1. The van der Waals surface area contributed by atoms with Gasteiger partial charge in [0.2, 0.25) is 5.91 Å². The number of carbonyl (C=O) groups excluding carboxylic acids is 2. The van der Waals surface area contributed by atoms with Gasteiger partial charge >= 0.3 is 0 Å². The van der Waals surface area contributed by atoms with Gasteiger partial charge in [0.1, 0.15) is 0 Å². The van der Waals surface area contributed by atoms with Gasteiger partial charge < -0.3 is 15.5 Å². The third-order valence-corrected chi connectivity index (χ3v) is 2.85. The maximum Gasteiger partial charge on any atom is 0.291 e. The zero-order valence-corrected chi connectivity index (χ0v) is 10.8. The average Bonchev–Trinajstić information content (AvgIpc) is 2.78. The van der Waals surface area contributed by atoms with Crippen LogP contribution in [0.15, 0.2) is 34.7 Å². The van der Waals surface area contributed by atoms with Crippen LogP contribution in [-0.2, 0) is 0 Å². The molecule has 0 aliphatic carbocycles. The van der Waals surface area contributed by atoms with Gasteiger partial charge in [-0.3, -0.25) is 9.59 Å². The fraction of sp³-hybridized carbons (Fsp3) is 0.0769. The Morgan fingerprint density at radius 1 is 1.26 bits per heavy atom. The van der Waals surface area contributed by atoms with Crippen molar-refractivity contribution in [2.45, 2.75) is 6.92 Å². The smallest absolute Gasteiger partial charge is 0.291 e. The van der Waals surface area contributed by atoms with Gasteiger partial charge in [-0.1, -0.05) is 6.07 Å². The van der Waals surface area contributed by atoms with Gasteiger partial charge in [0.05, 0.1) is 0 Å². The van der Waals surface area contributed by atoms with Gasteiger partial charge in [-0.2, -0.15) is 0 Å². The molecule has 0 bridgehead atoms. The van der Waals surface area contributed by atoms with Crippen molar-refractivity contribution in [1.29, 1.82) is 0 Å². The van der Waals surface area contributed by atoms with Crippen LogP contribution in [0.3, 0.4) is 0 Å². The molecule has 98 valence electrons. The average molecular weight is 279 g/mol. The maximum atomic E-state index is 11.9. The van der Waals surface area contributed by atoms with Crippen molar-refractivity contribution in [1.82, 2.24) is 0 Å². The number of primary amides is 1. The highest BCUT2D eigenvalue weighted by Crippen LogP contribution is 2.20. The lowest BCUT2D eigenvalue weighted by atomic mass is 10.1. The minimum absolute atomic E-state index is 0.0916. The fourth-order valence-corrected chi connectivity index (χ4v) is 1.80. The Kier molecular flexibility index (Phi) is 3.57. The topological polar surface area (TPSA) is 85.3 Å². The fourth-order valence-electron chi connectivity index (χ4n) is 1.66. The highest BCUT2D eigenvalue weighted by molar-refractivity contribution is 6.29. The second kappa shape index (κ2) is 5.16. The number of nitrogens with one attached hydrogen (secondary N) is 1. The summed E-state index contributed by atoms with van der Waals surface area (Å²) in [5.74, 6) is -0.903. The highest BCUT2D eigenvalue weighted by Gasteiger charge is 2.14. The van der Waals surface area contributed by atoms with E-state index in [2.05, 4.69) is 5.32 Å². The van der Waals surface area contributed by atoms with Gasteiger partial charge in [0.15, 0.2) is 11.0 Å². The molecule has 2 aromatic rings. The van der Waals surface area contributed by atoms with Gasteiger partial charge in [0.25, 0.3) is 5.91 Å². The molecule has 0 saturated heterocycles. The zero-order valence-electron chi connectivity index (χ0n) is 10.1. The van der Waals surface area contributed by atoms with Crippen molar-refractivity contribution in [3.05, 3.63) is 52.4 Å². The molecule has 0 aliphatic heterocycles. The molecule has 1 aromatic carbocycles. The predicted molar refractivity (Wildman–Crippen MR) is 71.4 cm³/mol. The first-order chi connectivity index (χ1) is 8.99. The van der Waals surface area contributed by atoms with E-state index >= 15 is 0 Å². The molecule has 0 atom stereocenters. The minimum Gasteiger partial charge on any atom is -0.440 e. The lowest BCUT2D eigenvalue weighted by Crippen LogP contribution is -2.16. The van der Waals surface area contributed by atoms with Crippen LogP contribution >= 0.6 is 11.6 Å². The van der Waals surface area contributed by atoms with Crippen LogP contribution in [-0.4, -0.2) is 11.8 Å². The standard InChI is InChI=1S/C13H11ClN2O3/c1-7-8(12(15)17)3-2-4-9(7)16-13(18)10-5-6-11(14)19-10/h2-6H,1H3,(H2,15,17)(H,16,18). The molecule has 6 heteroatoms. The number of rotatable bonds is 3. The van der Waals surface area contributed by atoms with Crippen LogP contribution in [0.4, 0.5) is 5.69 Å². The van der Waals surface area contributed by atoms with Gasteiger partial charge in [-0.05, 0) is 48.4 Å². The summed E-state index contributed by atoms with van der Waals surface area (Å²) in [6.45, 7) is 1.70. The van der Waals surface area contributed by atoms with Crippen molar-refractivity contribution in [2.24, 2.45) is 5.73 Å². The van der Waals surface area contributed by atoms with E-state index in [1.807, 2.05) is 0 Å². The summed E-state index contributed by atoms with van der Waals surface area (Å²) < 4.78 is 5.00. The first-order valence-corrected chi connectivity index (χ1v) is 5.83. The molecular weight excluding hydrogens is 268 g/mol. The first kappa shape index (κ1) is 13.2. The summed E-state index contributed by atoms with van der Waals surface area (Å²) in [7, 11) is 0. The Morgan fingerprint density at radius 2 is 2.00 bits per heavy atom. The van der Waals surface area contributed by atoms with Crippen molar-refractivity contribution in [3.8, 4) is 0 Å². The summed E-state index contributed by atoms with van der Waals surface area (Å²) in [5, 5.41) is 2.77. The number of amides is 2. The normalized spacial score (nSPS) is 10.2. The predicted octanol–water partition coefficient (Wildman–Crippen LogP) is 2.59. The maximum absolute atomic E-state index is 11.9. The van der Waals surface area contributed by atoms with Crippen molar-refractivity contribution < 1.29 is 14.0 Å². The first-order valence-electron chi connectivity index (χ1n) is 5.45.